The van der Waals surface area contributed by atoms with Crippen LogP contribution in [0.4, 0.5) is 0 Å². The molecule has 1 aromatic rings. The molecule has 0 aliphatic heterocycles. The second kappa shape index (κ2) is 6.78. The first-order valence-corrected chi connectivity index (χ1v) is 6.09. The normalized spacial score (nSPS) is 10.3. The highest BCUT2D eigenvalue weighted by atomic mass is 16.5. The summed E-state index contributed by atoms with van der Waals surface area (Å²) in [5.41, 5.74) is 1.02. The van der Waals surface area contributed by atoms with Crippen molar-refractivity contribution in [3.8, 4) is 5.75 Å². The molecule has 0 saturated carbocycles. The molecule has 1 rings (SSSR count). The van der Waals surface area contributed by atoms with Gasteiger partial charge >= 0.3 is 5.97 Å². The van der Waals surface area contributed by atoms with Gasteiger partial charge in [-0.15, -0.1) is 0 Å². The molecule has 0 fully saturated rings. The van der Waals surface area contributed by atoms with E-state index in [0.29, 0.717) is 11.7 Å². The van der Waals surface area contributed by atoms with Gasteiger partial charge in [-0.25, -0.2) is 0 Å². The highest BCUT2D eigenvalue weighted by molar-refractivity contribution is 5.82. The second-order valence-corrected chi connectivity index (χ2v) is 4.62. The van der Waals surface area contributed by atoms with E-state index in [1.807, 2.05) is 32.0 Å². The Morgan fingerprint density at radius 1 is 1.32 bits per heavy atom. The number of benzene rings is 1. The minimum absolute atomic E-state index is 0.159. The zero-order valence-electron chi connectivity index (χ0n) is 11.4. The maximum absolute atomic E-state index is 11.7. The van der Waals surface area contributed by atoms with E-state index in [9.17, 15) is 9.59 Å². The molecule has 0 atom stereocenters. The van der Waals surface area contributed by atoms with Crippen LogP contribution >= 0.6 is 0 Å². The summed E-state index contributed by atoms with van der Waals surface area (Å²) in [6.45, 7) is 3.60. The first kappa shape index (κ1) is 15.0. The molecule has 0 radical (unpaired) electrons. The molecule has 0 unspecified atom stereocenters. The number of ether oxygens (including phenoxy) is 1. The van der Waals surface area contributed by atoms with E-state index in [1.165, 1.54) is 7.05 Å². The number of para-hydroxylation sites is 1. The van der Waals surface area contributed by atoms with Gasteiger partial charge in [0.25, 0.3) is 5.91 Å². The minimum Gasteiger partial charge on any atom is -0.483 e. The number of carboxylic acids is 1. The Balaban J connectivity index is 2.62. The highest BCUT2D eigenvalue weighted by Gasteiger charge is 2.14. The average molecular weight is 265 g/mol. The van der Waals surface area contributed by atoms with Gasteiger partial charge < -0.3 is 14.7 Å². The fraction of sp³-hybridized carbons (Fsp3) is 0.429. The van der Waals surface area contributed by atoms with Crippen molar-refractivity contribution in [1.29, 1.82) is 0 Å². The average Bonchev–Trinajstić information content (AvgIpc) is 2.35. The van der Waals surface area contributed by atoms with Gasteiger partial charge in [0, 0.05) is 7.05 Å². The third-order valence-electron chi connectivity index (χ3n) is 2.69. The number of aliphatic carboxylic acids is 1. The second-order valence-electron chi connectivity index (χ2n) is 4.62. The monoisotopic (exact) mass is 265 g/mol. The fourth-order valence-corrected chi connectivity index (χ4v) is 1.63. The lowest BCUT2D eigenvalue weighted by atomic mass is 10.0. The van der Waals surface area contributed by atoms with Gasteiger partial charge in [-0.2, -0.15) is 0 Å². The smallest absolute Gasteiger partial charge is 0.323 e. The van der Waals surface area contributed by atoms with E-state index in [4.69, 9.17) is 9.84 Å². The lowest BCUT2D eigenvalue weighted by Crippen LogP contribution is -2.35. The van der Waals surface area contributed by atoms with Gasteiger partial charge in [0.1, 0.15) is 12.3 Å². The number of hydrogen-bond acceptors (Lipinski definition) is 3. The predicted molar refractivity (Wildman–Crippen MR) is 71.3 cm³/mol. The lowest BCUT2D eigenvalue weighted by Gasteiger charge is -2.17. The number of hydrogen-bond donors (Lipinski definition) is 1. The molecule has 0 heterocycles. The van der Waals surface area contributed by atoms with Crippen molar-refractivity contribution in [2.75, 3.05) is 20.2 Å². The van der Waals surface area contributed by atoms with Gasteiger partial charge in [-0.1, -0.05) is 32.0 Å². The summed E-state index contributed by atoms with van der Waals surface area (Å²) in [7, 11) is 1.44. The fourth-order valence-electron chi connectivity index (χ4n) is 1.63. The Morgan fingerprint density at radius 2 is 1.95 bits per heavy atom. The number of likely N-dealkylation sites (N-methyl/N-ethyl adjacent to an activating group) is 1. The topological polar surface area (TPSA) is 66.8 Å². The van der Waals surface area contributed by atoms with Crippen molar-refractivity contribution in [2.24, 2.45) is 0 Å². The SMILES string of the molecule is CC(C)c1ccccc1OCC(=O)N(C)CC(=O)O. The Morgan fingerprint density at radius 3 is 2.53 bits per heavy atom. The third kappa shape index (κ3) is 4.62. The van der Waals surface area contributed by atoms with Crippen molar-refractivity contribution in [3.63, 3.8) is 0 Å². The van der Waals surface area contributed by atoms with Crippen LogP contribution in [0.1, 0.15) is 25.3 Å². The summed E-state index contributed by atoms with van der Waals surface area (Å²) >= 11 is 0. The van der Waals surface area contributed by atoms with Crippen LogP contribution in [0.3, 0.4) is 0 Å². The highest BCUT2D eigenvalue weighted by Crippen LogP contribution is 2.25. The molecule has 5 heteroatoms. The van der Waals surface area contributed by atoms with Crippen molar-refractivity contribution < 1.29 is 19.4 Å². The largest absolute Gasteiger partial charge is 0.483 e. The van der Waals surface area contributed by atoms with E-state index >= 15 is 0 Å². The Kier molecular flexibility index (Phi) is 5.36. The Hall–Kier alpha value is -2.04. The molecule has 19 heavy (non-hydrogen) atoms. The molecule has 0 saturated heterocycles. The first-order chi connectivity index (χ1) is 8.91. The summed E-state index contributed by atoms with van der Waals surface area (Å²) in [5.74, 6) is -0.447. The molecule has 0 bridgehead atoms. The maximum Gasteiger partial charge on any atom is 0.323 e. The molecule has 104 valence electrons. The number of carbonyl (C=O) groups excluding carboxylic acids is 1. The molecule has 0 aliphatic carbocycles. The lowest BCUT2D eigenvalue weighted by molar-refractivity contribution is -0.144. The quantitative estimate of drug-likeness (QED) is 0.850. The predicted octanol–water partition coefficient (Wildman–Crippen LogP) is 1.73. The van der Waals surface area contributed by atoms with Crippen molar-refractivity contribution >= 4 is 11.9 Å². The van der Waals surface area contributed by atoms with Crippen molar-refractivity contribution in [3.05, 3.63) is 29.8 Å². The number of carboxylic acid groups (broad SMARTS) is 1. The molecule has 0 aliphatic rings. The maximum atomic E-state index is 11.7. The molecular weight excluding hydrogens is 246 g/mol. The van der Waals surface area contributed by atoms with Crippen LogP contribution in [0.15, 0.2) is 24.3 Å². The summed E-state index contributed by atoms with van der Waals surface area (Å²) in [6, 6.07) is 7.51. The molecule has 1 amide bonds. The van der Waals surface area contributed by atoms with E-state index < -0.39 is 5.97 Å². The van der Waals surface area contributed by atoms with E-state index in [-0.39, 0.29) is 19.1 Å². The molecular formula is C14H19NO4. The van der Waals surface area contributed by atoms with Crippen LogP contribution in [0.2, 0.25) is 0 Å². The molecule has 1 N–H and O–H groups in total. The minimum atomic E-state index is -1.04. The summed E-state index contributed by atoms with van der Waals surface area (Å²) < 4.78 is 5.48. The van der Waals surface area contributed by atoms with E-state index in [2.05, 4.69) is 0 Å². The summed E-state index contributed by atoms with van der Waals surface area (Å²) in [4.78, 5) is 23.3. The standard InChI is InChI=1S/C14H19NO4/c1-10(2)11-6-4-5-7-12(11)19-9-13(16)15(3)8-14(17)18/h4-7,10H,8-9H2,1-3H3,(H,17,18). The van der Waals surface area contributed by atoms with Gasteiger partial charge in [0.15, 0.2) is 6.61 Å². The van der Waals surface area contributed by atoms with E-state index in [0.717, 1.165) is 10.5 Å². The van der Waals surface area contributed by atoms with Gasteiger partial charge in [-0.05, 0) is 17.5 Å². The zero-order valence-corrected chi connectivity index (χ0v) is 11.4. The number of amides is 1. The Bertz CT molecular complexity index is 457. The van der Waals surface area contributed by atoms with Gasteiger partial charge in [0.05, 0.1) is 0 Å². The third-order valence-corrected chi connectivity index (χ3v) is 2.69. The summed E-state index contributed by atoms with van der Waals surface area (Å²) in [6.07, 6.45) is 0. The summed E-state index contributed by atoms with van der Waals surface area (Å²) in [5, 5.41) is 8.60. The first-order valence-electron chi connectivity index (χ1n) is 6.09. The van der Waals surface area contributed by atoms with E-state index in [1.54, 1.807) is 6.07 Å². The Labute approximate surface area is 112 Å². The van der Waals surface area contributed by atoms with Gasteiger partial charge in [-0.3, -0.25) is 9.59 Å². The molecule has 0 spiro atoms. The van der Waals surface area contributed by atoms with Crippen LogP contribution in [0, 0.1) is 0 Å². The van der Waals surface area contributed by atoms with Crippen LogP contribution in [-0.4, -0.2) is 42.1 Å². The van der Waals surface area contributed by atoms with Gasteiger partial charge in [0.2, 0.25) is 0 Å². The number of carbonyl (C=O) groups is 2. The number of nitrogens with zero attached hydrogens (tertiary/aromatic N) is 1. The molecule has 5 nitrogen and oxygen atoms in total. The van der Waals surface area contributed by atoms with Crippen LogP contribution in [0.5, 0.6) is 5.75 Å². The van der Waals surface area contributed by atoms with Crippen molar-refractivity contribution in [1.82, 2.24) is 4.90 Å². The van der Waals surface area contributed by atoms with Crippen LogP contribution < -0.4 is 4.74 Å². The zero-order chi connectivity index (χ0) is 14.4. The molecule has 1 aromatic carbocycles. The number of rotatable bonds is 6. The van der Waals surface area contributed by atoms with Crippen LogP contribution in [0.25, 0.3) is 0 Å². The molecule has 0 aromatic heterocycles. The van der Waals surface area contributed by atoms with Crippen molar-refractivity contribution in [2.45, 2.75) is 19.8 Å². The van der Waals surface area contributed by atoms with Crippen LogP contribution in [-0.2, 0) is 9.59 Å².